The van der Waals surface area contributed by atoms with Gasteiger partial charge in [-0.1, -0.05) is 12.2 Å². The van der Waals surface area contributed by atoms with Crippen molar-refractivity contribution in [3.8, 4) is 0 Å². The van der Waals surface area contributed by atoms with Crippen LogP contribution in [0, 0.1) is 17.3 Å². The van der Waals surface area contributed by atoms with E-state index in [2.05, 4.69) is 0 Å². The third-order valence-corrected chi connectivity index (χ3v) is 3.66. The first kappa shape index (κ1) is 13.4. The number of ether oxygens (including phenoxy) is 1. The minimum atomic E-state index is -4.56. The SMILES string of the molecule is CC(C)(C)OC(=O)C1(C(F)(F)F)CC2C=CC1C2. The number of rotatable bonds is 1. The maximum Gasteiger partial charge on any atom is 0.405 e. The van der Waals surface area contributed by atoms with Crippen LogP contribution in [-0.2, 0) is 9.53 Å². The standard InChI is InChI=1S/C13H17F3O2/c1-11(2,3)18-10(17)12(13(14,15)16)7-8-4-5-9(12)6-8/h4-5,8-9H,6-7H2,1-3H3. The summed E-state index contributed by atoms with van der Waals surface area (Å²) in [4.78, 5) is 12.0. The van der Waals surface area contributed by atoms with Crippen LogP contribution in [0.1, 0.15) is 33.6 Å². The average molecular weight is 262 g/mol. The highest BCUT2D eigenvalue weighted by atomic mass is 19.4. The van der Waals surface area contributed by atoms with E-state index in [1.54, 1.807) is 26.8 Å². The number of allylic oxidation sites excluding steroid dienone is 2. The van der Waals surface area contributed by atoms with Gasteiger partial charge in [0.05, 0.1) is 0 Å². The summed E-state index contributed by atoms with van der Waals surface area (Å²) in [5.74, 6) is -2.04. The van der Waals surface area contributed by atoms with Gasteiger partial charge in [-0.2, -0.15) is 13.2 Å². The second-order valence-corrected chi connectivity index (χ2v) is 6.16. The molecule has 2 rings (SSSR count). The Bertz CT molecular complexity index is 392. The van der Waals surface area contributed by atoms with E-state index in [9.17, 15) is 18.0 Å². The van der Waals surface area contributed by atoms with E-state index in [0.29, 0.717) is 6.42 Å². The summed E-state index contributed by atoms with van der Waals surface area (Å²) in [5, 5.41) is 0. The summed E-state index contributed by atoms with van der Waals surface area (Å²) >= 11 is 0. The first-order valence-corrected chi connectivity index (χ1v) is 6.05. The minimum absolute atomic E-state index is 0.149. The Balaban J connectivity index is 2.34. The molecule has 0 aromatic carbocycles. The molecule has 5 heteroatoms. The number of esters is 1. The summed E-state index contributed by atoms with van der Waals surface area (Å²) < 4.78 is 45.1. The molecule has 0 aliphatic heterocycles. The molecule has 0 heterocycles. The van der Waals surface area contributed by atoms with Crippen molar-refractivity contribution in [2.45, 2.75) is 45.4 Å². The monoisotopic (exact) mass is 262 g/mol. The van der Waals surface area contributed by atoms with Crippen molar-refractivity contribution in [3.05, 3.63) is 12.2 Å². The van der Waals surface area contributed by atoms with Crippen LogP contribution in [-0.4, -0.2) is 17.7 Å². The molecule has 0 N–H and O–H groups in total. The van der Waals surface area contributed by atoms with E-state index in [1.165, 1.54) is 6.08 Å². The maximum atomic E-state index is 13.4. The zero-order valence-electron chi connectivity index (χ0n) is 10.7. The molecule has 2 aliphatic rings. The van der Waals surface area contributed by atoms with Gasteiger partial charge in [-0.15, -0.1) is 0 Å². The van der Waals surface area contributed by atoms with Crippen LogP contribution in [0.15, 0.2) is 12.2 Å². The Morgan fingerprint density at radius 3 is 2.22 bits per heavy atom. The number of halogens is 3. The summed E-state index contributed by atoms with van der Waals surface area (Å²) in [7, 11) is 0. The third-order valence-electron chi connectivity index (χ3n) is 3.66. The van der Waals surface area contributed by atoms with E-state index in [-0.39, 0.29) is 12.3 Å². The van der Waals surface area contributed by atoms with Crippen molar-refractivity contribution in [2.24, 2.45) is 17.3 Å². The highest BCUT2D eigenvalue weighted by Crippen LogP contribution is 2.60. The first-order valence-electron chi connectivity index (χ1n) is 6.05. The van der Waals surface area contributed by atoms with Crippen LogP contribution in [0.4, 0.5) is 13.2 Å². The van der Waals surface area contributed by atoms with Crippen molar-refractivity contribution >= 4 is 5.97 Å². The fraction of sp³-hybridized carbons (Fsp3) is 0.769. The molecule has 1 fully saturated rings. The fourth-order valence-corrected chi connectivity index (χ4v) is 2.90. The molecule has 0 aromatic heterocycles. The summed E-state index contributed by atoms with van der Waals surface area (Å²) in [6.45, 7) is 4.74. The topological polar surface area (TPSA) is 26.3 Å². The van der Waals surface area contributed by atoms with Crippen LogP contribution >= 0.6 is 0 Å². The van der Waals surface area contributed by atoms with Gasteiger partial charge in [-0.25, -0.2) is 0 Å². The molecule has 0 amide bonds. The third kappa shape index (κ3) is 1.93. The quantitative estimate of drug-likeness (QED) is 0.534. The minimum Gasteiger partial charge on any atom is -0.459 e. The lowest BCUT2D eigenvalue weighted by Gasteiger charge is -2.37. The van der Waals surface area contributed by atoms with E-state index in [0.717, 1.165) is 0 Å². The number of hydrogen-bond acceptors (Lipinski definition) is 2. The van der Waals surface area contributed by atoms with Crippen LogP contribution in [0.25, 0.3) is 0 Å². The van der Waals surface area contributed by atoms with Crippen LogP contribution in [0.5, 0.6) is 0 Å². The normalized spacial score (nSPS) is 35.0. The Morgan fingerprint density at radius 1 is 1.28 bits per heavy atom. The lowest BCUT2D eigenvalue weighted by atomic mass is 9.75. The Morgan fingerprint density at radius 2 is 1.89 bits per heavy atom. The average Bonchev–Trinajstić information content (AvgIpc) is 2.71. The zero-order valence-corrected chi connectivity index (χ0v) is 10.7. The van der Waals surface area contributed by atoms with Gasteiger partial charge in [0.2, 0.25) is 0 Å². The predicted molar refractivity (Wildman–Crippen MR) is 59.7 cm³/mol. The van der Waals surface area contributed by atoms with Crippen LogP contribution < -0.4 is 0 Å². The van der Waals surface area contributed by atoms with Crippen molar-refractivity contribution < 1.29 is 22.7 Å². The summed E-state index contributed by atoms with van der Waals surface area (Å²) in [5.41, 5.74) is -3.24. The first-order chi connectivity index (χ1) is 8.06. The second kappa shape index (κ2) is 3.75. The molecular weight excluding hydrogens is 245 g/mol. The molecule has 18 heavy (non-hydrogen) atoms. The lowest BCUT2D eigenvalue weighted by molar-refractivity contribution is -0.246. The zero-order chi connectivity index (χ0) is 13.8. The Labute approximate surface area is 104 Å². The van der Waals surface area contributed by atoms with E-state index >= 15 is 0 Å². The molecule has 0 aromatic rings. The van der Waals surface area contributed by atoms with Gasteiger partial charge >= 0.3 is 12.1 Å². The maximum absolute atomic E-state index is 13.4. The molecule has 1 saturated carbocycles. The van der Waals surface area contributed by atoms with E-state index in [4.69, 9.17) is 4.74 Å². The van der Waals surface area contributed by atoms with Crippen LogP contribution in [0.2, 0.25) is 0 Å². The van der Waals surface area contributed by atoms with Gasteiger partial charge in [0.15, 0.2) is 5.41 Å². The van der Waals surface area contributed by atoms with Gasteiger partial charge in [0, 0.05) is 5.92 Å². The van der Waals surface area contributed by atoms with Gasteiger partial charge in [0.1, 0.15) is 5.60 Å². The fourth-order valence-electron chi connectivity index (χ4n) is 2.90. The summed E-state index contributed by atoms with van der Waals surface area (Å²) in [6.07, 6.45) is -1.03. The highest BCUT2D eigenvalue weighted by Gasteiger charge is 2.69. The van der Waals surface area contributed by atoms with Crippen molar-refractivity contribution in [3.63, 3.8) is 0 Å². The largest absolute Gasteiger partial charge is 0.459 e. The van der Waals surface area contributed by atoms with Gasteiger partial charge in [-0.05, 0) is 39.5 Å². The summed E-state index contributed by atoms with van der Waals surface area (Å²) in [6, 6.07) is 0. The van der Waals surface area contributed by atoms with Gasteiger partial charge in [-0.3, -0.25) is 4.79 Å². The van der Waals surface area contributed by atoms with Gasteiger partial charge < -0.3 is 4.74 Å². The molecule has 0 spiro atoms. The highest BCUT2D eigenvalue weighted by molar-refractivity contribution is 5.80. The number of alkyl halides is 3. The van der Waals surface area contributed by atoms with E-state index < -0.39 is 29.1 Å². The number of carbonyl (C=O) groups excluding carboxylic acids is 1. The second-order valence-electron chi connectivity index (χ2n) is 6.16. The molecule has 3 atom stereocenters. The van der Waals surface area contributed by atoms with Crippen LogP contribution in [0.3, 0.4) is 0 Å². The van der Waals surface area contributed by atoms with Gasteiger partial charge in [0.25, 0.3) is 0 Å². The van der Waals surface area contributed by atoms with E-state index in [1.807, 2.05) is 0 Å². The number of hydrogen-bond donors (Lipinski definition) is 0. The number of carbonyl (C=O) groups is 1. The molecule has 2 nitrogen and oxygen atoms in total. The molecule has 0 saturated heterocycles. The molecule has 2 aliphatic carbocycles. The van der Waals surface area contributed by atoms with Crippen molar-refractivity contribution in [1.82, 2.24) is 0 Å². The molecule has 2 bridgehead atoms. The Hall–Kier alpha value is -1.00. The molecule has 0 radical (unpaired) electrons. The van der Waals surface area contributed by atoms with Crippen molar-refractivity contribution in [2.75, 3.05) is 0 Å². The Kier molecular flexibility index (Phi) is 2.80. The molecular formula is C13H17F3O2. The number of fused-ring (bicyclic) bond motifs is 2. The molecule has 3 unspecified atom stereocenters. The smallest absolute Gasteiger partial charge is 0.405 e. The lowest BCUT2D eigenvalue weighted by Crippen LogP contribution is -2.50. The predicted octanol–water partition coefficient (Wildman–Crippen LogP) is 3.47. The molecule has 102 valence electrons. The van der Waals surface area contributed by atoms with Crippen molar-refractivity contribution in [1.29, 1.82) is 0 Å².